The highest BCUT2D eigenvalue weighted by atomic mass is 32.2. The average Bonchev–Trinajstić information content (AvgIpc) is 3.34. The minimum atomic E-state index is -3.51. The SMILES string of the molecule is CN1C(=O)Cc2cc(-c3ccc([C@@]4(CC(=O)OCC[Si](C)(C)C)CCCCS4(=O)=O)s3)ccc21. The summed E-state index contributed by atoms with van der Waals surface area (Å²) in [4.78, 5) is 28.2. The van der Waals surface area contributed by atoms with E-state index in [-0.39, 0.29) is 18.1 Å². The van der Waals surface area contributed by atoms with E-state index in [9.17, 15) is 18.0 Å². The van der Waals surface area contributed by atoms with Crippen LogP contribution in [-0.2, 0) is 35.3 Å². The highest BCUT2D eigenvalue weighted by molar-refractivity contribution is 7.92. The normalized spacial score (nSPS) is 22.0. The summed E-state index contributed by atoms with van der Waals surface area (Å²) in [5.74, 6) is -0.271. The van der Waals surface area contributed by atoms with E-state index in [2.05, 4.69) is 19.6 Å². The van der Waals surface area contributed by atoms with Crippen molar-refractivity contribution in [3.05, 3.63) is 40.8 Å². The number of carbonyl (C=O) groups is 2. The fourth-order valence-electron chi connectivity index (χ4n) is 4.73. The predicted molar refractivity (Wildman–Crippen MR) is 140 cm³/mol. The van der Waals surface area contributed by atoms with Crippen LogP contribution in [0.3, 0.4) is 0 Å². The van der Waals surface area contributed by atoms with Crippen LogP contribution in [0.25, 0.3) is 10.4 Å². The van der Waals surface area contributed by atoms with Crippen LogP contribution in [0.2, 0.25) is 25.7 Å². The summed E-state index contributed by atoms with van der Waals surface area (Å²) in [5, 5.41) is 0. The predicted octanol–water partition coefficient (Wildman–Crippen LogP) is 5.00. The molecule has 1 aromatic carbocycles. The van der Waals surface area contributed by atoms with E-state index in [1.807, 2.05) is 30.3 Å². The molecule has 0 radical (unpaired) electrons. The molecule has 6 nitrogen and oxygen atoms in total. The zero-order valence-electron chi connectivity index (χ0n) is 20.3. The van der Waals surface area contributed by atoms with E-state index in [1.165, 1.54) is 11.3 Å². The van der Waals surface area contributed by atoms with Gasteiger partial charge in [-0.05, 0) is 54.3 Å². The van der Waals surface area contributed by atoms with Crippen LogP contribution in [0.5, 0.6) is 0 Å². The summed E-state index contributed by atoms with van der Waals surface area (Å²) in [5.41, 5.74) is 2.85. The number of esters is 1. The van der Waals surface area contributed by atoms with Crippen molar-refractivity contribution in [3.63, 3.8) is 0 Å². The minimum Gasteiger partial charge on any atom is -0.466 e. The van der Waals surface area contributed by atoms with Crippen molar-refractivity contribution in [3.8, 4) is 10.4 Å². The van der Waals surface area contributed by atoms with Crippen molar-refractivity contribution in [1.82, 2.24) is 0 Å². The first-order valence-electron chi connectivity index (χ1n) is 11.8. The van der Waals surface area contributed by atoms with Gasteiger partial charge >= 0.3 is 5.97 Å². The number of benzene rings is 1. The summed E-state index contributed by atoms with van der Waals surface area (Å²) in [6.07, 6.45) is 2.06. The molecule has 3 heterocycles. The van der Waals surface area contributed by atoms with Crippen LogP contribution in [0, 0.1) is 0 Å². The first-order chi connectivity index (χ1) is 15.9. The maximum atomic E-state index is 13.4. The lowest BCUT2D eigenvalue weighted by Gasteiger charge is -2.35. The largest absolute Gasteiger partial charge is 0.466 e. The van der Waals surface area contributed by atoms with E-state index in [0.29, 0.717) is 30.7 Å². The number of sulfone groups is 1. The summed E-state index contributed by atoms with van der Waals surface area (Å²) >= 11 is 1.43. The van der Waals surface area contributed by atoms with E-state index in [1.54, 1.807) is 11.9 Å². The van der Waals surface area contributed by atoms with E-state index < -0.39 is 28.6 Å². The molecule has 1 amide bonds. The number of nitrogens with zero attached hydrogens (tertiary/aromatic N) is 1. The van der Waals surface area contributed by atoms with Gasteiger partial charge in [0.2, 0.25) is 5.91 Å². The van der Waals surface area contributed by atoms with Gasteiger partial charge in [0.15, 0.2) is 9.84 Å². The number of amides is 1. The lowest BCUT2D eigenvalue weighted by molar-refractivity contribution is -0.144. The Bertz CT molecular complexity index is 1210. The Balaban J connectivity index is 1.62. The van der Waals surface area contributed by atoms with Gasteiger partial charge in [0.05, 0.1) is 25.2 Å². The second-order valence-electron chi connectivity index (χ2n) is 10.6. The number of fused-ring (bicyclic) bond motifs is 1. The van der Waals surface area contributed by atoms with E-state index in [0.717, 1.165) is 34.2 Å². The highest BCUT2D eigenvalue weighted by Crippen LogP contribution is 2.48. The third kappa shape index (κ3) is 4.88. The van der Waals surface area contributed by atoms with Crippen molar-refractivity contribution >= 4 is 46.8 Å². The molecule has 9 heteroatoms. The first kappa shape index (κ1) is 25.1. The molecule has 2 aliphatic heterocycles. The molecular weight excluding hydrogens is 486 g/mol. The maximum absolute atomic E-state index is 13.4. The third-order valence-corrected chi connectivity index (χ3v) is 12.6. The molecule has 0 saturated carbocycles. The molecular formula is C25H33NO5S2Si. The molecule has 2 aromatic rings. The smallest absolute Gasteiger partial charge is 0.307 e. The zero-order chi connectivity index (χ0) is 24.7. The fourth-order valence-corrected chi connectivity index (χ4v) is 9.21. The molecule has 1 saturated heterocycles. The highest BCUT2D eigenvalue weighted by Gasteiger charge is 2.49. The second kappa shape index (κ2) is 9.24. The van der Waals surface area contributed by atoms with E-state index in [4.69, 9.17) is 4.74 Å². The number of ether oxygens (including phenoxy) is 1. The summed E-state index contributed by atoms with van der Waals surface area (Å²) in [6, 6.07) is 10.6. The quantitative estimate of drug-likeness (QED) is 0.380. The molecule has 1 atom stereocenters. The van der Waals surface area contributed by atoms with Gasteiger partial charge in [0, 0.05) is 30.6 Å². The van der Waals surface area contributed by atoms with Crippen molar-refractivity contribution in [1.29, 1.82) is 0 Å². The van der Waals surface area contributed by atoms with Crippen LogP contribution in [0.15, 0.2) is 30.3 Å². The van der Waals surface area contributed by atoms with Crippen molar-refractivity contribution in [2.45, 2.75) is 62.5 Å². The summed E-state index contributed by atoms with van der Waals surface area (Å²) < 4.78 is 31.1. The van der Waals surface area contributed by atoms with Gasteiger partial charge in [-0.3, -0.25) is 9.59 Å². The standard InChI is InChI=1S/C25H33NO5S2Si/c1-26-20-8-7-18(15-19(20)16-23(26)27)21-9-10-22(32-21)25(11-5-6-13-33(25,29)30)17-24(28)31-12-14-34(2,3)4/h7-10,15H,5-6,11-14,16-17H2,1-4H3/t25-/m0/s1. The average molecular weight is 520 g/mol. The molecule has 1 aromatic heterocycles. The molecule has 0 aliphatic carbocycles. The molecule has 0 spiro atoms. The zero-order valence-corrected chi connectivity index (χ0v) is 23.0. The monoisotopic (exact) mass is 519 g/mol. The van der Waals surface area contributed by atoms with Crippen LogP contribution in [0.1, 0.15) is 36.1 Å². The van der Waals surface area contributed by atoms with E-state index >= 15 is 0 Å². The summed E-state index contributed by atoms with van der Waals surface area (Å²) in [6.45, 7) is 7.00. The molecule has 0 N–H and O–H groups in total. The van der Waals surface area contributed by atoms with Crippen molar-refractivity contribution in [2.75, 3.05) is 24.3 Å². The molecule has 34 heavy (non-hydrogen) atoms. The summed E-state index contributed by atoms with van der Waals surface area (Å²) in [7, 11) is -3.09. The molecule has 0 unspecified atom stereocenters. The Morgan fingerprint density at radius 3 is 2.65 bits per heavy atom. The Kier molecular flexibility index (Phi) is 6.83. The van der Waals surface area contributed by atoms with Crippen LogP contribution in [0.4, 0.5) is 5.69 Å². The molecule has 1 fully saturated rings. The number of anilines is 1. The number of likely N-dealkylation sites (N-methyl/N-ethyl adjacent to an activating group) is 1. The minimum absolute atomic E-state index is 0.0684. The topological polar surface area (TPSA) is 80.8 Å². The first-order valence-corrected chi connectivity index (χ1v) is 18.0. The Labute approximate surface area is 207 Å². The van der Waals surface area contributed by atoms with Gasteiger partial charge in [-0.15, -0.1) is 11.3 Å². The third-order valence-electron chi connectivity index (χ3n) is 6.88. The van der Waals surface area contributed by atoms with Crippen molar-refractivity contribution in [2.24, 2.45) is 0 Å². The van der Waals surface area contributed by atoms with Gasteiger partial charge in [0.25, 0.3) is 0 Å². The maximum Gasteiger partial charge on any atom is 0.307 e. The number of hydrogen-bond donors (Lipinski definition) is 0. The van der Waals surface area contributed by atoms with Crippen LogP contribution in [-0.4, -0.2) is 47.8 Å². The molecule has 4 rings (SSSR count). The fraction of sp³-hybridized carbons (Fsp3) is 0.520. The molecule has 0 bridgehead atoms. The van der Waals surface area contributed by atoms with Gasteiger partial charge in [0.1, 0.15) is 4.75 Å². The van der Waals surface area contributed by atoms with Gasteiger partial charge in [-0.1, -0.05) is 32.1 Å². The second-order valence-corrected chi connectivity index (χ2v) is 19.7. The van der Waals surface area contributed by atoms with Gasteiger partial charge in [-0.2, -0.15) is 0 Å². The Hall–Kier alpha value is -1.97. The Morgan fingerprint density at radius 2 is 1.94 bits per heavy atom. The Morgan fingerprint density at radius 1 is 1.18 bits per heavy atom. The van der Waals surface area contributed by atoms with Gasteiger partial charge in [-0.25, -0.2) is 8.42 Å². The molecule has 184 valence electrons. The number of carbonyl (C=O) groups excluding carboxylic acids is 2. The number of hydrogen-bond acceptors (Lipinski definition) is 6. The van der Waals surface area contributed by atoms with Crippen LogP contribution >= 0.6 is 11.3 Å². The lowest BCUT2D eigenvalue weighted by atomic mass is 9.95. The van der Waals surface area contributed by atoms with Crippen LogP contribution < -0.4 is 4.90 Å². The molecule has 2 aliphatic rings. The number of thiophene rings is 1. The lowest BCUT2D eigenvalue weighted by Crippen LogP contribution is -2.42. The van der Waals surface area contributed by atoms with Crippen molar-refractivity contribution < 1.29 is 22.7 Å². The number of rotatable bonds is 7. The van der Waals surface area contributed by atoms with Gasteiger partial charge < -0.3 is 9.64 Å².